The smallest absolute Gasteiger partial charge is 0.246 e. The molecule has 226 valence electrons. The molecule has 6 rings (SSSR count). The lowest BCUT2D eigenvalue weighted by molar-refractivity contribution is -0.126. The third kappa shape index (κ3) is 5.91. The second-order valence-corrected chi connectivity index (χ2v) is 13.0. The lowest BCUT2D eigenvalue weighted by atomic mass is 10.0. The van der Waals surface area contributed by atoms with Crippen LogP contribution >= 0.6 is 22.7 Å². The number of fused-ring (bicyclic) bond motifs is 2. The molecule has 0 bridgehead atoms. The number of benzene rings is 1. The Morgan fingerprint density at radius 2 is 1.95 bits per heavy atom. The number of anilines is 1. The predicted octanol–water partition coefficient (Wildman–Crippen LogP) is 5.85. The second-order valence-electron chi connectivity index (χ2n) is 11.0. The third-order valence-electron chi connectivity index (χ3n) is 8.11. The van der Waals surface area contributed by atoms with Crippen molar-refractivity contribution in [2.24, 2.45) is 0 Å². The second kappa shape index (κ2) is 12.7. The number of carbonyl (C=O) groups is 1. The van der Waals surface area contributed by atoms with Gasteiger partial charge >= 0.3 is 0 Å². The van der Waals surface area contributed by atoms with Crippen LogP contribution in [0.15, 0.2) is 42.3 Å². The fraction of sp³-hybridized carbons (Fsp3) is 0.406. The van der Waals surface area contributed by atoms with Crippen LogP contribution in [0.2, 0.25) is 0 Å². The van der Waals surface area contributed by atoms with Crippen molar-refractivity contribution in [2.75, 3.05) is 57.9 Å². The first kappa shape index (κ1) is 29.7. The largest absolute Gasteiger partial charge is 0.490 e. The summed E-state index contributed by atoms with van der Waals surface area (Å²) < 4.78 is 26.9. The zero-order valence-electron chi connectivity index (χ0n) is 24.8. The highest BCUT2D eigenvalue weighted by atomic mass is 32.1. The SMILES string of the molecule is C=CC(=O)N1CCc2nc(-c3nc(N4CCN(C(C)C)CC4)c4ccsc4c3-c3ccc(F)cc3OCCOC)sc2C1. The molecule has 0 N–H and O–H groups in total. The van der Waals surface area contributed by atoms with Crippen molar-refractivity contribution in [1.29, 1.82) is 0 Å². The Kier molecular flexibility index (Phi) is 8.76. The average Bonchev–Trinajstić information content (AvgIpc) is 3.68. The summed E-state index contributed by atoms with van der Waals surface area (Å²) in [5.74, 6) is 0.937. The van der Waals surface area contributed by atoms with Crippen molar-refractivity contribution in [1.82, 2.24) is 19.8 Å². The summed E-state index contributed by atoms with van der Waals surface area (Å²) in [7, 11) is 1.61. The van der Waals surface area contributed by atoms with E-state index in [0.717, 1.165) is 74.5 Å². The number of hydrogen-bond donors (Lipinski definition) is 0. The lowest BCUT2D eigenvalue weighted by Gasteiger charge is -2.38. The molecular formula is C32H36FN5O3S2. The molecule has 43 heavy (non-hydrogen) atoms. The van der Waals surface area contributed by atoms with Crippen LogP contribution in [0.3, 0.4) is 0 Å². The summed E-state index contributed by atoms with van der Waals surface area (Å²) >= 11 is 3.22. The summed E-state index contributed by atoms with van der Waals surface area (Å²) in [6.45, 7) is 13.6. The Bertz CT molecular complexity index is 1640. The first-order chi connectivity index (χ1) is 20.9. The van der Waals surface area contributed by atoms with Gasteiger partial charge in [0.1, 0.15) is 34.7 Å². The van der Waals surface area contributed by atoms with Crippen molar-refractivity contribution in [3.63, 3.8) is 0 Å². The third-order valence-corrected chi connectivity index (χ3v) is 10.1. The molecule has 2 aliphatic rings. The van der Waals surface area contributed by atoms with Crippen molar-refractivity contribution >= 4 is 44.5 Å². The van der Waals surface area contributed by atoms with Crippen LogP contribution in [0.5, 0.6) is 5.75 Å². The van der Waals surface area contributed by atoms with Gasteiger partial charge in [0.15, 0.2) is 0 Å². The fourth-order valence-corrected chi connectivity index (χ4v) is 7.85. The van der Waals surface area contributed by atoms with Crippen LogP contribution in [-0.4, -0.2) is 84.8 Å². The summed E-state index contributed by atoms with van der Waals surface area (Å²) in [6, 6.07) is 7.30. The maximum absolute atomic E-state index is 14.5. The van der Waals surface area contributed by atoms with Crippen molar-refractivity contribution < 1.29 is 18.7 Å². The van der Waals surface area contributed by atoms with Crippen molar-refractivity contribution in [3.8, 4) is 27.6 Å². The number of halogens is 1. The molecule has 0 aliphatic carbocycles. The molecule has 1 fully saturated rings. The molecule has 1 saturated heterocycles. The first-order valence-corrected chi connectivity index (χ1v) is 16.3. The molecular weight excluding hydrogens is 586 g/mol. The Morgan fingerprint density at radius 3 is 2.70 bits per heavy atom. The minimum Gasteiger partial charge on any atom is -0.490 e. The van der Waals surface area contributed by atoms with E-state index in [1.165, 1.54) is 18.2 Å². The monoisotopic (exact) mass is 621 g/mol. The Labute approximate surface area is 259 Å². The lowest BCUT2D eigenvalue weighted by Crippen LogP contribution is -2.49. The molecule has 11 heteroatoms. The van der Waals surface area contributed by atoms with E-state index in [-0.39, 0.29) is 11.7 Å². The molecule has 0 spiro atoms. The minimum atomic E-state index is -0.371. The van der Waals surface area contributed by atoms with E-state index in [9.17, 15) is 9.18 Å². The van der Waals surface area contributed by atoms with E-state index in [1.54, 1.807) is 40.7 Å². The van der Waals surface area contributed by atoms with Gasteiger partial charge in [-0.05, 0) is 43.5 Å². The maximum Gasteiger partial charge on any atom is 0.246 e. The number of aromatic nitrogens is 2. The van der Waals surface area contributed by atoms with Crippen LogP contribution in [0.25, 0.3) is 31.9 Å². The molecule has 5 heterocycles. The molecule has 1 amide bonds. The number of nitrogens with zero attached hydrogens (tertiary/aromatic N) is 5. The van der Waals surface area contributed by atoms with Gasteiger partial charge in [-0.3, -0.25) is 9.69 Å². The van der Waals surface area contributed by atoms with E-state index in [4.69, 9.17) is 19.4 Å². The highest BCUT2D eigenvalue weighted by molar-refractivity contribution is 7.18. The average molecular weight is 622 g/mol. The summed E-state index contributed by atoms with van der Waals surface area (Å²) in [5.41, 5.74) is 3.39. The van der Waals surface area contributed by atoms with Crippen LogP contribution in [0.1, 0.15) is 24.4 Å². The van der Waals surface area contributed by atoms with Gasteiger partial charge in [-0.1, -0.05) is 6.58 Å². The van der Waals surface area contributed by atoms with E-state index < -0.39 is 0 Å². The van der Waals surface area contributed by atoms with Crippen molar-refractivity contribution in [2.45, 2.75) is 32.9 Å². The van der Waals surface area contributed by atoms with Gasteiger partial charge in [0.2, 0.25) is 5.91 Å². The number of carbonyl (C=O) groups excluding carboxylic acids is 1. The molecule has 0 unspecified atom stereocenters. The fourth-order valence-electron chi connectivity index (χ4n) is 5.78. The topological polar surface area (TPSA) is 71.0 Å². The van der Waals surface area contributed by atoms with E-state index in [1.807, 2.05) is 0 Å². The first-order valence-electron chi connectivity index (χ1n) is 14.6. The number of pyridine rings is 1. The number of amides is 1. The highest BCUT2D eigenvalue weighted by Crippen LogP contribution is 2.47. The molecule has 8 nitrogen and oxygen atoms in total. The molecule has 0 atom stereocenters. The summed E-state index contributed by atoms with van der Waals surface area (Å²) in [4.78, 5) is 30.6. The summed E-state index contributed by atoms with van der Waals surface area (Å²) in [5, 5.41) is 3.95. The number of piperazine rings is 1. The Balaban J connectivity index is 1.51. The van der Waals surface area contributed by atoms with Gasteiger partial charge in [-0.2, -0.15) is 0 Å². The molecule has 0 radical (unpaired) electrons. The number of methoxy groups -OCH3 is 1. The molecule has 4 aromatic rings. The predicted molar refractivity (Wildman–Crippen MR) is 172 cm³/mol. The van der Waals surface area contributed by atoms with E-state index >= 15 is 0 Å². The summed E-state index contributed by atoms with van der Waals surface area (Å²) in [6.07, 6.45) is 2.04. The van der Waals surface area contributed by atoms with Gasteiger partial charge < -0.3 is 19.3 Å². The number of thiophene rings is 1. The van der Waals surface area contributed by atoms with Crippen LogP contribution in [0, 0.1) is 5.82 Å². The molecule has 1 aromatic carbocycles. The van der Waals surface area contributed by atoms with Gasteiger partial charge in [-0.25, -0.2) is 14.4 Å². The zero-order valence-corrected chi connectivity index (χ0v) is 26.4. The molecule has 2 aliphatic heterocycles. The maximum atomic E-state index is 14.5. The number of rotatable bonds is 9. The Morgan fingerprint density at radius 1 is 1.14 bits per heavy atom. The molecule has 3 aromatic heterocycles. The number of ether oxygens (including phenoxy) is 2. The van der Waals surface area contributed by atoms with Gasteiger partial charge in [-0.15, -0.1) is 22.7 Å². The van der Waals surface area contributed by atoms with Crippen LogP contribution < -0.4 is 9.64 Å². The molecule has 0 saturated carbocycles. The van der Waals surface area contributed by atoms with E-state index in [2.05, 4.69) is 41.7 Å². The number of thiazole rings is 1. The standard InChI is InChI=1S/C32H36FN5O3S2/c1-5-27(39)38-10-8-24-26(19-38)43-32(34-24)29-28(22-7-6-21(33)18-25(22)41-16-15-40-4)30-23(9-17-42-30)31(35-29)37-13-11-36(12-14-37)20(2)3/h5-7,9,17-18,20H,1,8,10-16,19H2,2-4H3. The number of hydrogen-bond acceptors (Lipinski definition) is 9. The van der Waals surface area contributed by atoms with Crippen molar-refractivity contribution in [3.05, 3.63) is 58.7 Å². The van der Waals surface area contributed by atoms with Gasteiger partial charge in [0.25, 0.3) is 0 Å². The van der Waals surface area contributed by atoms with Gasteiger partial charge in [0, 0.05) is 84.5 Å². The quantitative estimate of drug-likeness (QED) is 0.172. The van der Waals surface area contributed by atoms with Crippen LogP contribution in [-0.2, 0) is 22.5 Å². The zero-order chi connectivity index (χ0) is 30.1. The Hall–Kier alpha value is -3.38. The van der Waals surface area contributed by atoms with E-state index in [0.29, 0.717) is 44.5 Å². The minimum absolute atomic E-state index is 0.0774. The highest BCUT2D eigenvalue weighted by Gasteiger charge is 2.29. The van der Waals surface area contributed by atoms with Gasteiger partial charge in [0.05, 0.1) is 18.8 Å². The van der Waals surface area contributed by atoms with Crippen LogP contribution in [0.4, 0.5) is 10.2 Å². The normalized spacial score (nSPS) is 15.7.